The average Bonchev–Trinajstić information content (AvgIpc) is 2.54. The molecule has 22 heavy (non-hydrogen) atoms. The van der Waals surface area contributed by atoms with Crippen LogP contribution in [0, 0.1) is 23.2 Å². The van der Waals surface area contributed by atoms with Gasteiger partial charge in [0, 0.05) is 0 Å². The molecule has 0 bridgehead atoms. The SMILES string of the molecule is CCCCCC1(C2CCCCC2CCC(C)C)CCCCC1. The predicted molar refractivity (Wildman–Crippen MR) is 99.2 cm³/mol. The molecule has 0 heteroatoms. The van der Waals surface area contributed by atoms with Crippen molar-refractivity contribution in [3.8, 4) is 0 Å². The molecule has 130 valence electrons. The summed E-state index contributed by atoms with van der Waals surface area (Å²) in [6.45, 7) is 7.19. The summed E-state index contributed by atoms with van der Waals surface area (Å²) in [5, 5.41) is 0. The highest BCUT2D eigenvalue weighted by Crippen LogP contribution is 2.54. The second kappa shape index (κ2) is 9.33. The smallest absolute Gasteiger partial charge is 0.0267 e. The van der Waals surface area contributed by atoms with Crippen LogP contribution in [0.25, 0.3) is 0 Å². The van der Waals surface area contributed by atoms with Crippen molar-refractivity contribution < 1.29 is 0 Å². The third-order valence-electron chi connectivity index (χ3n) is 6.94. The van der Waals surface area contributed by atoms with Crippen molar-refractivity contribution in [1.82, 2.24) is 0 Å². The van der Waals surface area contributed by atoms with Gasteiger partial charge in [-0.05, 0) is 55.3 Å². The van der Waals surface area contributed by atoms with E-state index in [1.165, 1.54) is 64.2 Å². The highest BCUT2D eigenvalue weighted by molar-refractivity contribution is 4.93. The Morgan fingerprint density at radius 2 is 1.64 bits per heavy atom. The maximum absolute atomic E-state index is 2.41. The Hall–Kier alpha value is 0. The lowest BCUT2D eigenvalue weighted by molar-refractivity contribution is 0.0104. The summed E-state index contributed by atoms with van der Waals surface area (Å²) in [5.41, 5.74) is 0.759. The van der Waals surface area contributed by atoms with Gasteiger partial charge in [0.2, 0.25) is 0 Å². The topological polar surface area (TPSA) is 0 Å². The molecule has 0 aromatic rings. The van der Waals surface area contributed by atoms with E-state index >= 15 is 0 Å². The number of hydrogen-bond acceptors (Lipinski definition) is 0. The van der Waals surface area contributed by atoms with Crippen LogP contribution in [0.3, 0.4) is 0 Å². The summed E-state index contributed by atoms with van der Waals surface area (Å²) >= 11 is 0. The molecule has 0 aromatic heterocycles. The van der Waals surface area contributed by atoms with E-state index in [9.17, 15) is 0 Å². The third-order valence-corrected chi connectivity index (χ3v) is 6.94. The van der Waals surface area contributed by atoms with E-state index in [1.807, 2.05) is 0 Å². The molecule has 0 spiro atoms. The molecule has 0 nitrogen and oxygen atoms in total. The third kappa shape index (κ3) is 5.00. The van der Waals surface area contributed by atoms with Gasteiger partial charge in [-0.25, -0.2) is 0 Å². The minimum absolute atomic E-state index is 0.759. The van der Waals surface area contributed by atoms with E-state index in [1.54, 1.807) is 32.1 Å². The second-order valence-corrected chi connectivity index (χ2v) is 9.00. The molecule has 0 radical (unpaired) electrons. The summed E-state index contributed by atoms with van der Waals surface area (Å²) < 4.78 is 0. The molecule has 0 heterocycles. The van der Waals surface area contributed by atoms with E-state index in [4.69, 9.17) is 0 Å². The molecule has 0 amide bonds. The normalized spacial score (nSPS) is 28.9. The Kier molecular flexibility index (Phi) is 7.78. The first-order valence-electron chi connectivity index (χ1n) is 10.7. The first-order chi connectivity index (χ1) is 10.7. The van der Waals surface area contributed by atoms with Crippen LogP contribution >= 0.6 is 0 Å². The molecule has 2 rings (SSSR count). The number of hydrogen-bond donors (Lipinski definition) is 0. The lowest BCUT2D eigenvalue weighted by Gasteiger charge is -2.49. The summed E-state index contributed by atoms with van der Waals surface area (Å²) in [7, 11) is 0. The lowest BCUT2D eigenvalue weighted by Crippen LogP contribution is -2.39. The van der Waals surface area contributed by atoms with Crippen LogP contribution in [0.1, 0.15) is 117 Å². The highest BCUT2D eigenvalue weighted by atomic mass is 14.5. The Balaban J connectivity index is 2.04. The van der Waals surface area contributed by atoms with Gasteiger partial charge < -0.3 is 0 Å². The van der Waals surface area contributed by atoms with Crippen molar-refractivity contribution in [2.24, 2.45) is 23.2 Å². The second-order valence-electron chi connectivity index (χ2n) is 9.00. The maximum atomic E-state index is 2.41. The summed E-state index contributed by atoms with van der Waals surface area (Å²) in [6, 6.07) is 0. The fraction of sp³-hybridized carbons (Fsp3) is 1.00. The van der Waals surface area contributed by atoms with Crippen LogP contribution in [-0.4, -0.2) is 0 Å². The highest BCUT2D eigenvalue weighted by Gasteiger charge is 2.43. The van der Waals surface area contributed by atoms with Crippen LogP contribution < -0.4 is 0 Å². The van der Waals surface area contributed by atoms with E-state index in [0.717, 1.165) is 23.2 Å². The quantitative estimate of drug-likeness (QED) is 0.402. The van der Waals surface area contributed by atoms with E-state index in [0.29, 0.717) is 0 Å². The first kappa shape index (κ1) is 18.3. The molecule has 0 N–H and O–H groups in total. The van der Waals surface area contributed by atoms with Crippen molar-refractivity contribution in [3.05, 3.63) is 0 Å². The first-order valence-corrected chi connectivity index (χ1v) is 10.7. The zero-order chi connectivity index (χ0) is 15.8. The van der Waals surface area contributed by atoms with Crippen molar-refractivity contribution in [3.63, 3.8) is 0 Å². The fourth-order valence-corrected chi connectivity index (χ4v) is 5.70. The molecule has 0 aromatic carbocycles. The molecule has 0 saturated heterocycles. The van der Waals surface area contributed by atoms with Crippen LogP contribution in [0.15, 0.2) is 0 Å². The summed E-state index contributed by atoms with van der Waals surface area (Å²) in [4.78, 5) is 0. The van der Waals surface area contributed by atoms with Gasteiger partial charge in [-0.3, -0.25) is 0 Å². The van der Waals surface area contributed by atoms with E-state index in [2.05, 4.69) is 20.8 Å². The Morgan fingerprint density at radius 3 is 2.32 bits per heavy atom. The average molecular weight is 307 g/mol. The lowest BCUT2D eigenvalue weighted by atomic mass is 9.56. The zero-order valence-corrected chi connectivity index (χ0v) is 15.8. The Labute approximate surface area is 140 Å². The molecule has 2 atom stereocenters. The zero-order valence-electron chi connectivity index (χ0n) is 15.8. The standard InChI is InChI=1S/C22H42/c1-4-5-9-16-22(17-10-6-11-18-22)21-13-8-7-12-20(21)15-14-19(2)3/h19-21H,4-18H2,1-3H3. The molecule has 2 aliphatic rings. The minimum atomic E-state index is 0.759. The van der Waals surface area contributed by atoms with Gasteiger partial charge in [-0.2, -0.15) is 0 Å². The largest absolute Gasteiger partial charge is 0.0654 e. The van der Waals surface area contributed by atoms with E-state index < -0.39 is 0 Å². The van der Waals surface area contributed by atoms with Gasteiger partial charge in [0.05, 0.1) is 0 Å². The number of unbranched alkanes of at least 4 members (excludes halogenated alkanes) is 2. The molecule has 2 saturated carbocycles. The van der Waals surface area contributed by atoms with Crippen molar-refractivity contribution >= 4 is 0 Å². The van der Waals surface area contributed by atoms with Gasteiger partial charge >= 0.3 is 0 Å². The minimum Gasteiger partial charge on any atom is -0.0654 e. The van der Waals surface area contributed by atoms with Crippen molar-refractivity contribution in [1.29, 1.82) is 0 Å². The number of rotatable bonds is 8. The van der Waals surface area contributed by atoms with E-state index in [-0.39, 0.29) is 0 Å². The maximum Gasteiger partial charge on any atom is -0.0267 e. The molecule has 2 aliphatic carbocycles. The van der Waals surface area contributed by atoms with Crippen LogP contribution in [-0.2, 0) is 0 Å². The molecule has 2 fully saturated rings. The molecule has 2 unspecified atom stereocenters. The molecule has 0 aliphatic heterocycles. The summed E-state index contributed by atoms with van der Waals surface area (Å²) in [5.74, 6) is 3.04. The van der Waals surface area contributed by atoms with Gasteiger partial charge in [0.15, 0.2) is 0 Å². The van der Waals surface area contributed by atoms with Crippen LogP contribution in [0.5, 0.6) is 0 Å². The van der Waals surface area contributed by atoms with Gasteiger partial charge in [-0.15, -0.1) is 0 Å². The Bertz CT molecular complexity index is 284. The van der Waals surface area contributed by atoms with Gasteiger partial charge in [-0.1, -0.05) is 85.0 Å². The van der Waals surface area contributed by atoms with Crippen molar-refractivity contribution in [2.75, 3.05) is 0 Å². The predicted octanol–water partition coefficient (Wildman–Crippen LogP) is 7.76. The van der Waals surface area contributed by atoms with Crippen molar-refractivity contribution in [2.45, 2.75) is 117 Å². The monoisotopic (exact) mass is 306 g/mol. The van der Waals surface area contributed by atoms with Gasteiger partial charge in [0.1, 0.15) is 0 Å². The fourth-order valence-electron chi connectivity index (χ4n) is 5.70. The Morgan fingerprint density at radius 1 is 0.909 bits per heavy atom. The molecular formula is C22H42. The van der Waals surface area contributed by atoms with Crippen LogP contribution in [0.4, 0.5) is 0 Å². The molecular weight excluding hydrogens is 264 g/mol. The summed E-state index contributed by atoms with van der Waals surface area (Å²) in [6.07, 6.45) is 22.8. The van der Waals surface area contributed by atoms with Crippen LogP contribution in [0.2, 0.25) is 0 Å². The van der Waals surface area contributed by atoms with Gasteiger partial charge in [0.25, 0.3) is 0 Å².